The summed E-state index contributed by atoms with van der Waals surface area (Å²) in [6, 6.07) is 28.6. The van der Waals surface area contributed by atoms with Gasteiger partial charge in [-0.05, 0) is 23.3 Å². The van der Waals surface area contributed by atoms with Gasteiger partial charge >= 0.3 is 0 Å². The highest BCUT2D eigenvalue weighted by molar-refractivity contribution is 8.00. The lowest BCUT2D eigenvalue weighted by molar-refractivity contribution is -0.115. The molecule has 2 N–H and O–H groups in total. The van der Waals surface area contributed by atoms with E-state index in [-0.39, 0.29) is 17.7 Å². The standard InChI is InChI=1S/C26H27N3O2S/c27-24(30)19-32-23-14-8-7-13-22(23)26(31)29-17-15-28(16-18-29)25(20-9-3-1-4-10-20)21-11-5-2-6-12-21/h1-14,25H,15-19H2,(H2,27,30). The molecule has 164 valence electrons. The molecule has 1 fully saturated rings. The van der Waals surface area contributed by atoms with E-state index in [1.807, 2.05) is 41.3 Å². The summed E-state index contributed by atoms with van der Waals surface area (Å²) in [5, 5.41) is 0. The third kappa shape index (κ3) is 5.21. The van der Waals surface area contributed by atoms with E-state index in [2.05, 4.69) is 53.4 Å². The molecule has 4 rings (SSSR count). The lowest BCUT2D eigenvalue weighted by Crippen LogP contribution is -2.50. The van der Waals surface area contributed by atoms with Crippen molar-refractivity contribution >= 4 is 23.6 Å². The normalized spacial score (nSPS) is 14.5. The van der Waals surface area contributed by atoms with Gasteiger partial charge in [-0.25, -0.2) is 0 Å². The van der Waals surface area contributed by atoms with Crippen LogP contribution >= 0.6 is 11.8 Å². The summed E-state index contributed by atoms with van der Waals surface area (Å²) in [4.78, 5) is 29.6. The highest BCUT2D eigenvalue weighted by atomic mass is 32.2. The fraction of sp³-hybridized carbons (Fsp3) is 0.231. The molecule has 6 heteroatoms. The second kappa shape index (κ2) is 10.5. The van der Waals surface area contributed by atoms with Crippen molar-refractivity contribution in [2.75, 3.05) is 31.9 Å². The molecule has 0 saturated carbocycles. The highest BCUT2D eigenvalue weighted by Crippen LogP contribution is 2.30. The monoisotopic (exact) mass is 445 g/mol. The molecule has 0 unspecified atom stereocenters. The molecular weight excluding hydrogens is 418 g/mol. The van der Waals surface area contributed by atoms with Crippen LogP contribution in [0.3, 0.4) is 0 Å². The van der Waals surface area contributed by atoms with E-state index in [1.165, 1.54) is 22.9 Å². The van der Waals surface area contributed by atoms with Crippen molar-refractivity contribution < 1.29 is 9.59 Å². The topological polar surface area (TPSA) is 66.6 Å². The number of hydrogen-bond acceptors (Lipinski definition) is 4. The van der Waals surface area contributed by atoms with Gasteiger partial charge in [-0.15, -0.1) is 11.8 Å². The van der Waals surface area contributed by atoms with E-state index in [1.54, 1.807) is 0 Å². The van der Waals surface area contributed by atoms with Crippen molar-refractivity contribution in [2.45, 2.75) is 10.9 Å². The molecule has 1 aliphatic rings. The van der Waals surface area contributed by atoms with Crippen LogP contribution in [-0.2, 0) is 4.79 Å². The average molecular weight is 446 g/mol. The SMILES string of the molecule is NC(=O)CSc1ccccc1C(=O)N1CCN(C(c2ccccc2)c2ccccc2)CC1. The van der Waals surface area contributed by atoms with Crippen molar-refractivity contribution in [3.8, 4) is 0 Å². The van der Waals surface area contributed by atoms with Crippen molar-refractivity contribution in [3.63, 3.8) is 0 Å². The Hall–Kier alpha value is -3.09. The van der Waals surface area contributed by atoms with Crippen molar-refractivity contribution in [1.29, 1.82) is 0 Å². The van der Waals surface area contributed by atoms with Gasteiger partial charge in [-0.3, -0.25) is 14.5 Å². The fourth-order valence-corrected chi connectivity index (χ4v) is 4.94. The molecule has 1 saturated heterocycles. The zero-order valence-electron chi connectivity index (χ0n) is 17.9. The summed E-state index contributed by atoms with van der Waals surface area (Å²) in [6.45, 7) is 2.89. The van der Waals surface area contributed by atoms with Crippen molar-refractivity contribution in [2.24, 2.45) is 5.73 Å². The maximum absolute atomic E-state index is 13.3. The van der Waals surface area contributed by atoms with Crippen molar-refractivity contribution in [3.05, 3.63) is 102 Å². The zero-order chi connectivity index (χ0) is 22.3. The maximum atomic E-state index is 13.3. The number of carbonyl (C=O) groups is 2. The summed E-state index contributed by atoms with van der Waals surface area (Å²) in [7, 11) is 0. The van der Waals surface area contributed by atoms with E-state index in [0.29, 0.717) is 18.7 Å². The van der Waals surface area contributed by atoms with Gasteiger partial charge in [0.2, 0.25) is 5.91 Å². The van der Waals surface area contributed by atoms with Gasteiger partial charge in [-0.1, -0.05) is 72.8 Å². The summed E-state index contributed by atoms with van der Waals surface area (Å²) in [5.74, 6) is -0.222. The maximum Gasteiger partial charge on any atom is 0.255 e. The van der Waals surface area contributed by atoms with Crippen LogP contribution in [0.1, 0.15) is 27.5 Å². The number of nitrogens with zero attached hydrogens (tertiary/aromatic N) is 2. The number of piperazine rings is 1. The van der Waals surface area contributed by atoms with Crippen LogP contribution in [0.2, 0.25) is 0 Å². The Kier molecular flexibility index (Phi) is 7.24. The summed E-state index contributed by atoms with van der Waals surface area (Å²) >= 11 is 1.32. The van der Waals surface area contributed by atoms with Gasteiger partial charge in [0.05, 0.1) is 17.4 Å². The number of thioether (sulfide) groups is 1. The number of rotatable bonds is 7. The summed E-state index contributed by atoms with van der Waals surface area (Å²) in [5.41, 5.74) is 8.43. The number of nitrogens with two attached hydrogens (primary N) is 1. The number of carbonyl (C=O) groups excluding carboxylic acids is 2. The molecule has 1 aliphatic heterocycles. The van der Waals surface area contributed by atoms with Crippen LogP contribution in [0.25, 0.3) is 0 Å². The first-order valence-corrected chi connectivity index (χ1v) is 11.8. The van der Waals surface area contributed by atoms with Crippen LogP contribution in [0.15, 0.2) is 89.8 Å². The Bertz CT molecular complexity index is 1010. The van der Waals surface area contributed by atoms with E-state index in [9.17, 15) is 9.59 Å². The summed E-state index contributed by atoms with van der Waals surface area (Å²) in [6.07, 6.45) is 0. The second-order valence-electron chi connectivity index (χ2n) is 7.80. The number of amides is 2. The Morgan fingerprint density at radius 1 is 0.781 bits per heavy atom. The van der Waals surface area contributed by atoms with E-state index in [4.69, 9.17) is 5.73 Å². The molecule has 3 aromatic rings. The van der Waals surface area contributed by atoms with Gasteiger partial charge in [0.15, 0.2) is 0 Å². The van der Waals surface area contributed by atoms with Gasteiger partial charge in [0, 0.05) is 31.1 Å². The van der Waals surface area contributed by atoms with Crippen LogP contribution in [0.4, 0.5) is 0 Å². The Balaban J connectivity index is 1.49. The molecule has 0 aromatic heterocycles. The van der Waals surface area contributed by atoms with E-state index in [0.717, 1.165) is 18.0 Å². The van der Waals surface area contributed by atoms with Gasteiger partial charge in [0.1, 0.15) is 0 Å². The molecular formula is C26H27N3O2S. The van der Waals surface area contributed by atoms with E-state index >= 15 is 0 Å². The Labute approximate surface area is 193 Å². The molecule has 5 nitrogen and oxygen atoms in total. The predicted octanol–water partition coefficient (Wildman–Crippen LogP) is 3.81. The Morgan fingerprint density at radius 3 is 1.88 bits per heavy atom. The van der Waals surface area contributed by atoms with Gasteiger partial charge in [0.25, 0.3) is 5.91 Å². The average Bonchev–Trinajstić information content (AvgIpc) is 2.84. The van der Waals surface area contributed by atoms with Crippen molar-refractivity contribution in [1.82, 2.24) is 9.80 Å². The third-order valence-corrected chi connectivity index (χ3v) is 6.78. The molecule has 0 radical (unpaired) electrons. The summed E-state index contributed by atoms with van der Waals surface area (Å²) < 4.78 is 0. The van der Waals surface area contributed by atoms with Gasteiger partial charge in [-0.2, -0.15) is 0 Å². The molecule has 2 amide bonds. The molecule has 0 aliphatic carbocycles. The molecule has 0 atom stereocenters. The number of benzene rings is 3. The molecule has 0 bridgehead atoms. The quantitative estimate of drug-likeness (QED) is 0.562. The Morgan fingerprint density at radius 2 is 1.31 bits per heavy atom. The van der Waals surface area contributed by atoms with Crippen LogP contribution in [0, 0.1) is 0 Å². The number of primary amides is 1. The molecule has 3 aromatic carbocycles. The molecule has 1 heterocycles. The molecule has 32 heavy (non-hydrogen) atoms. The highest BCUT2D eigenvalue weighted by Gasteiger charge is 2.29. The van der Waals surface area contributed by atoms with Gasteiger partial charge < -0.3 is 10.6 Å². The smallest absolute Gasteiger partial charge is 0.255 e. The third-order valence-electron chi connectivity index (χ3n) is 5.68. The first-order valence-electron chi connectivity index (χ1n) is 10.8. The minimum atomic E-state index is -0.390. The van der Waals surface area contributed by atoms with Crippen LogP contribution in [-0.4, -0.2) is 53.5 Å². The largest absolute Gasteiger partial charge is 0.369 e. The fourth-order valence-electron chi connectivity index (χ4n) is 4.16. The number of hydrogen-bond donors (Lipinski definition) is 1. The minimum absolute atomic E-state index is 0.00759. The first kappa shape index (κ1) is 22.1. The molecule has 0 spiro atoms. The predicted molar refractivity (Wildman–Crippen MR) is 129 cm³/mol. The van der Waals surface area contributed by atoms with Crippen LogP contribution in [0.5, 0.6) is 0 Å². The minimum Gasteiger partial charge on any atom is -0.369 e. The van der Waals surface area contributed by atoms with Crippen LogP contribution < -0.4 is 5.73 Å². The lowest BCUT2D eigenvalue weighted by atomic mass is 9.96. The lowest BCUT2D eigenvalue weighted by Gasteiger charge is -2.40. The zero-order valence-corrected chi connectivity index (χ0v) is 18.7. The van der Waals surface area contributed by atoms with E-state index < -0.39 is 5.91 Å². The first-order chi connectivity index (χ1) is 15.6. The second-order valence-corrected chi connectivity index (χ2v) is 8.82.